The molecular weight excluding hydrogens is 265 g/mol. The average Bonchev–Trinajstić information content (AvgIpc) is 2.28. The molecule has 0 bridgehead atoms. The molecule has 0 aliphatic heterocycles. The smallest absolute Gasteiger partial charge is 0.138 e. The zero-order valence-electron chi connectivity index (χ0n) is 8.59. The van der Waals surface area contributed by atoms with Gasteiger partial charge in [0.05, 0.1) is 14.2 Å². The quantitative estimate of drug-likeness (QED) is 0.920. The van der Waals surface area contributed by atoms with E-state index in [0.29, 0.717) is 21.5 Å². The molecule has 15 heavy (non-hydrogen) atoms. The normalized spacial score (nSPS) is 12.3. The van der Waals surface area contributed by atoms with E-state index in [0.717, 1.165) is 0 Å². The first-order valence-corrected chi connectivity index (χ1v) is 5.18. The van der Waals surface area contributed by atoms with Gasteiger partial charge in [0.25, 0.3) is 0 Å². The number of rotatable bonds is 4. The lowest BCUT2D eigenvalue weighted by Crippen LogP contribution is -2.08. The third-order valence-electron chi connectivity index (χ3n) is 2.04. The van der Waals surface area contributed by atoms with Gasteiger partial charge in [-0.25, -0.2) is 4.39 Å². The molecule has 0 amide bonds. The van der Waals surface area contributed by atoms with Crippen LogP contribution in [0, 0.1) is 0 Å². The standard InChI is InChI=1S/C10H13BrFNO2/c1-14-8-3-6(7(12)5-13)4-9(15-2)10(8)11/h3-4,7H,5,13H2,1-2H3. The number of hydrogen-bond acceptors (Lipinski definition) is 3. The molecule has 3 nitrogen and oxygen atoms in total. The van der Waals surface area contributed by atoms with Gasteiger partial charge in [-0.3, -0.25) is 0 Å². The number of methoxy groups -OCH3 is 2. The van der Waals surface area contributed by atoms with E-state index in [1.165, 1.54) is 14.2 Å². The third kappa shape index (κ3) is 2.60. The second-order valence-corrected chi connectivity index (χ2v) is 3.74. The Morgan fingerprint density at radius 3 is 2.13 bits per heavy atom. The molecule has 0 saturated carbocycles. The van der Waals surface area contributed by atoms with Crippen LogP contribution in [0.15, 0.2) is 16.6 Å². The van der Waals surface area contributed by atoms with Gasteiger partial charge in [-0.05, 0) is 33.6 Å². The van der Waals surface area contributed by atoms with Crippen molar-refractivity contribution in [3.8, 4) is 11.5 Å². The van der Waals surface area contributed by atoms with Gasteiger partial charge in [0.2, 0.25) is 0 Å². The van der Waals surface area contributed by atoms with E-state index < -0.39 is 6.17 Å². The van der Waals surface area contributed by atoms with Crippen LogP contribution in [-0.2, 0) is 0 Å². The first kappa shape index (κ1) is 12.3. The van der Waals surface area contributed by atoms with Gasteiger partial charge in [-0.2, -0.15) is 0 Å². The van der Waals surface area contributed by atoms with E-state index in [-0.39, 0.29) is 6.54 Å². The van der Waals surface area contributed by atoms with E-state index in [1.807, 2.05) is 0 Å². The highest BCUT2D eigenvalue weighted by atomic mass is 79.9. The Bertz CT molecular complexity index is 321. The summed E-state index contributed by atoms with van der Waals surface area (Å²) in [5.74, 6) is 1.06. The number of benzene rings is 1. The molecule has 0 aliphatic rings. The maximum atomic E-state index is 13.4. The van der Waals surface area contributed by atoms with Crippen molar-refractivity contribution >= 4 is 15.9 Å². The van der Waals surface area contributed by atoms with Gasteiger partial charge in [0, 0.05) is 6.54 Å². The number of alkyl halides is 1. The predicted octanol–water partition coefficient (Wildman–Crippen LogP) is 2.44. The Labute approximate surface area is 96.5 Å². The molecule has 0 heterocycles. The summed E-state index contributed by atoms with van der Waals surface area (Å²) in [6, 6.07) is 3.20. The van der Waals surface area contributed by atoms with Crippen LogP contribution in [0.1, 0.15) is 11.7 Å². The number of nitrogens with two attached hydrogens (primary N) is 1. The van der Waals surface area contributed by atoms with E-state index in [1.54, 1.807) is 12.1 Å². The summed E-state index contributed by atoms with van der Waals surface area (Å²) < 4.78 is 24.2. The summed E-state index contributed by atoms with van der Waals surface area (Å²) in [4.78, 5) is 0. The van der Waals surface area contributed by atoms with Gasteiger partial charge in [-0.1, -0.05) is 0 Å². The molecule has 0 aromatic heterocycles. The molecular formula is C10H13BrFNO2. The van der Waals surface area contributed by atoms with Crippen molar-refractivity contribution in [2.45, 2.75) is 6.17 Å². The lowest BCUT2D eigenvalue weighted by molar-refractivity contribution is 0.344. The van der Waals surface area contributed by atoms with Crippen LogP contribution in [0.25, 0.3) is 0 Å². The summed E-state index contributed by atoms with van der Waals surface area (Å²) in [5, 5.41) is 0. The Morgan fingerprint density at radius 2 is 1.80 bits per heavy atom. The molecule has 1 atom stereocenters. The van der Waals surface area contributed by atoms with Crippen LogP contribution in [0.4, 0.5) is 4.39 Å². The lowest BCUT2D eigenvalue weighted by Gasteiger charge is -2.13. The van der Waals surface area contributed by atoms with E-state index in [4.69, 9.17) is 15.2 Å². The lowest BCUT2D eigenvalue weighted by atomic mass is 10.1. The number of ether oxygens (including phenoxy) is 2. The van der Waals surface area contributed by atoms with Crippen molar-refractivity contribution in [1.82, 2.24) is 0 Å². The average molecular weight is 278 g/mol. The van der Waals surface area contributed by atoms with Crippen LogP contribution in [0.3, 0.4) is 0 Å². The molecule has 84 valence electrons. The van der Waals surface area contributed by atoms with Crippen molar-refractivity contribution in [3.05, 3.63) is 22.2 Å². The van der Waals surface area contributed by atoms with Crippen molar-refractivity contribution in [1.29, 1.82) is 0 Å². The molecule has 0 radical (unpaired) electrons. The van der Waals surface area contributed by atoms with Crippen LogP contribution in [0.5, 0.6) is 11.5 Å². The van der Waals surface area contributed by atoms with E-state index >= 15 is 0 Å². The molecule has 1 aromatic rings. The fourth-order valence-corrected chi connectivity index (χ4v) is 1.76. The Morgan fingerprint density at radius 1 is 1.33 bits per heavy atom. The van der Waals surface area contributed by atoms with E-state index in [2.05, 4.69) is 15.9 Å². The van der Waals surface area contributed by atoms with Crippen LogP contribution >= 0.6 is 15.9 Å². The molecule has 0 aliphatic carbocycles. The second kappa shape index (κ2) is 5.32. The fraction of sp³-hybridized carbons (Fsp3) is 0.400. The van der Waals surface area contributed by atoms with Crippen molar-refractivity contribution in [2.24, 2.45) is 5.73 Å². The Kier molecular flexibility index (Phi) is 4.35. The van der Waals surface area contributed by atoms with Crippen molar-refractivity contribution in [2.75, 3.05) is 20.8 Å². The second-order valence-electron chi connectivity index (χ2n) is 2.94. The topological polar surface area (TPSA) is 44.5 Å². The van der Waals surface area contributed by atoms with Crippen LogP contribution in [0.2, 0.25) is 0 Å². The Balaban J connectivity index is 3.20. The Hall–Kier alpha value is -0.810. The van der Waals surface area contributed by atoms with Crippen LogP contribution in [-0.4, -0.2) is 20.8 Å². The highest BCUT2D eigenvalue weighted by molar-refractivity contribution is 9.10. The van der Waals surface area contributed by atoms with Gasteiger partial charge >= 0.3 is 0 Å². The molecule has 1 aromatic carbocycles. The highest BCUT2D eigenvalue weighted by Gasteiger charge is 2.15. The van der Waals surface area contributed by atoms with Gasteiger partial charge in [-0.15, -0.1) is 0 Å². The predicted molar refractivity (Wildman–Crippen MR) is 60.1 cm³/mol. The molecule has 1 rings (SSSR count). The molecule has 0 spiro atoms. The first-order chi connectivity index (χ1) is 7.13. The third-order valence-corrected chi connectivity index (χ3v) is 2.82. The van der Waals surface area contributed by atoms with Gasteiger partial charge in [0.15, 0.2) is 0 Å². The molecule has 0 saturated heterocycles. The molecule has 2 N–H and O–H groups in total. The minimum atomic E-state index is -1.21. The summed E-state index contributed by atoms with van der Waals surface area (Å²) >= 11 is 3.30. The van der Waals surface area contributed by atoms with Gasteiger partial charge in [0.1, 0.15) is 22.1 Å². The fourth-order valence-electron chi connectivity index (χ4n) is 1.21. The highest BCUT2D eigenvalue weighted by Crippen LogP contribution is 2.37. The summed E-state index contributed by atoms with van der Waals surface area (Å²) in [5.41, 5.74) is 5.71. The van der Waals surface area contributed by atoms with Gasteiger partial charge < -0.3 is 15.2 Å². The van der Waals surface area contributed by atoms with E-state index in [9.17, 15) is 4.39 Å². The maximum absolute atomic E-state index is 13.4. The molecule has 1 unspecified atom stereocenters. The monoisotopic (exact) mass is 277 g/mol. The zero-order valence-corrected chi connectivity index (χ0v) is 10.2. The van der Waals surface area contributed by atoms with Crippen LogP contribution < -0.4 is 15.2 Å². The molecule has 0 fully saturated rings. The summed E-state index contributed by atoms with van der Waals surface area (Å²) in [7, 11) is 3.03. The SMILES string of the molecule is COc1cc(C(F)CN)cc(OC)c1Br. The first-order valence-electron chi connectivity index (χ1n) is 4.39. The summed E-state index contributed by atoms with van der Waals surface area (Å²) in [6.07, 6.45) is -1.21. The largest absolute Gasteiger partial charge is 0.495 e. The maximum Gasteiger partial charge on any atom is 0.138 e. The minimum absolute atomic E-state index is 0.0616. The zero-order chi connectivity index (χ0) is 11.4. The van der Waals surface area contributed by atoms with Crippen molar-refractivity contribution in [3.63, 3.8) is 0 Å². The minimum Gasteiger partial charge on any atom is -0.495 e. The molecule has 5 heteroatoms. The number of halogens is 2. The summed E-state index contributed by atoms with van der Waals surface area (Å²) in [6.45, 7) is -0.0616. The van der Waals surface area contributed by atoms with Crippen molar-refractivity contribution < 1.29 is 13.9 Å². The number of hydrogen-bond donors (Lipinski definition) is 1.